The van der Waals surface area contributed by atoms with E-state index in [1.807, 2.05) is 24.3 Å². The Morgan fingerprint density at radius 1 is 0.490 bits per heavy atom. The fourth-order valence-corrected chi connectivity index (χ4v) is 13.6. The summed E-state index contributed by atoms with van der Waals surface area (Å²) in [7, 11) is -5.76. The van der Waals surface area contributed by atoms with Gasteiger partial charge in [-0.15, -0.1) is 0 Å². The fourth-order valence-electron chi connectivity index (χ4n) is 7.52. The number of nitrogens with zero attached hydrogens (tertiary/aromatic N) is 6. The Labute approximate surface area is 581 Å². The molecule has 3 atom stereocenters. The molecule has 9 aromatic rings. The van der Waals surface area contributed by atoms with Crippen LogP contribution in [0.5, 0.6) is 17.2 Å². The third-order valence-electron chi connectivity index (χ3n) is 15.2. The van der Waals surface area contributed by atoms with Crippen LogP contribution in [0.3, 0.4) is 0 Å². The lowest BCUT2D eigenvalue weighted by Crippen LogP contribution is -2.43. The highest BCUT2D eigenvalue weighted by atomic mass is 35.7. The van der Waals surface area contributed by atoms with Gasteiger partial charge in [-0.05, 0) is 164 Å². The molecule has 0 saturated carbocycles. The topological polar surface area (TPSA) is 336 Å². The first-order valence-electron chi connectivity index (χ1n) is 29.2. The Morgan fingerprint density at radius 2 is 0.802 bits per heavy atom. The molecule has 5 N–H and O–H groups in total. The van der Waals surface area contributed by atoms with Crippen molar-refractivity contribution in [3.05, 3.63) is 178 Å². The maximum Gasteiger partial charge on any atom is 0.261 e. The highest BCUT2D eigenvalue weighted by molar-refractivity contribution is 8.13. The van der Waals surface area contributed by atoms with Crippen molar-refractivity contribution in [2.75, 3.05) is 41.2 Å². The van der Waals surface area contributed by atoms with Gasteiger partial charge in [0.1, 0.15) is 35.4 Å². The van der Waals surface area contributed by atoms with Crippen molar-refractivity contribution in [1.82, 2.24) is 39.9 Å². The van der Waals surface area contributed by atoms with E-state index in [1.165, 1.54) is 48.5 Å². The molecule has 9 rings (SSSR count). The van der Waals surface area contributed by atoms with Crippen LogP contribution in [0.25, 0.3) is 34.2 Å². The lowest BCUT2D eigenvalue weighted by atomic mass is 10.2. The Hall–Kier alpha value is -6.66. The number of sulfonamides is 2. The number of methoxy groups -OCH3 is 3. The van der Waals surface area contributed by atoms with Crippen LogP contribution in [-0.4, -0.2) is 119 Å². The van der Waals surface area contributed by atoms with E-state index in [0.29, 0.717) is 56.8 Å². The highest BCUT2D eigenvalue weighted by Gasteiger charge is 2.40. The largest absolute Gasteiger partial charge is 0.497 e. The van der Waals surface area contributed by atoms with Crippen molar-refractivity contribution in [3.63, 3.8) is 0 Å². The normalized spacial score (nSPS) is 13.2. The van der Waals surface area contributed by atoms with Crippen molar-refractivity contribution in [3.8, 4) is 51.4 Å². The molecule has 0 aliphatic rings. The molecule has 33 heteroatoms. The number of nitrogens with one attached hydrogen (secondary N) is 2. The average Bonchev–Trinajstić information content (AvgIpc) is 1.49. The van der Waals surface area contributed by atoms with Crippen LogP contribution in [0, 0.1) is 0 Å². The van der Waals surface area contributed by atoms with E-state index in [9.17, 15) is 30.4 Å². The van der Waals surface area contributed by atoms with Gasteiger partial charge in [0.2, 0.25) is 55.2 Å². The Bertz CT molecular complexity index is 4330. The average molecular weight is 1490 g/mol. The monoisotopic (exact) mass is 1490 g/mol. The summed E-state index contributed by atoms with van der Waals surface area (Å²) in [5, 5.41) is 22.5. The van der Waals surface area contributed by atoms with Crippen LogP contribution in [0.15, 0.2) is 174 Å². The van der Waals surface area contributed by atoms with E-state index in [1.54, 1.807) is 94.1 Å². The molecule has 96 heavy (non-hydrogen) atoms. The molecular formula is C63H77Cl4N9O15S3Si2. The number of rotatable bonds is 23. The van der Waals surface area contributed by atoms with Gasteiger partial charge >= 0.3 is 0 Å². The summed E-state index contributed by atoms with van der Waals surface area (Å²) in [6, 6.07) is 36.7. The summed E-state index contributed by atoms with van der Waals surface area (Å²) >= 11 is 17.4. The molecule has 518 valence electrons. The molecule has 0 saturated heterocycles. The van der Waals surface area contributed by atoms with E-state index < -0.39 is 70.5 Å². The summed E-state index contributed by atoms with van der Waals surface area (Å²) in [4.78, 5) is 13.0. The highest BCUT2D eigenvalue weighted by Crippen LogP contribution is 2.39. The Kier molecular flexibility index (Phi) is 27.5. The number of benzene rings is 6. The van der Waals surface area contributed by atoms with Gasteiger partial charge in [-0.1, -0.05) is 110 Å². The molecule has 0 spiro atoms. The van der Waals surface area contributed by atoms with Crippen molar-refractivity contribution < 1.29 is 67.0 Å². The van der Waals surface area contributed by atoms with Gasteiger partial charge in [0.25, 0.3) is 9.05 Å². The first-order chi connectivity index (χ1) is 44.9. The minimum absolute atomic E-state index is 0.0201. The van der Waals surface area contributed by atoms with Gasteiger partial charge in [0.05, 0.1) is 55.8 Å². The van der Waals surface area contributed by atoms with Crippen LogP contribution in [0.2, 0.25) is 51.3 Å². The fraction of sp³-hybridized carbons (Fsp3) is 0.333. The van der Waals surface area contributed by atoms with Crippen LogP contribution in [0.4, 0.5) is 0 Å². The van der Waals surface area contributed by atoms with Crippen LogP contribution in [-0.2, 0) is 37.9 Å². The molecule has 24 nitrogen and oxygen atoms in total. The Balaban J connectivity index is 0.000000213. The molecule has 0 bridgehead atoms. The summed E-state index contributed by atoms with van der Waals surface area (Å²) < 4.78 is 121. The van der Waals surface area contributed by atoms with E-state index in [0.717, 1.165) is 11.3 Å². The zero-order valence-electron chi connectivity index (χ0n) is 54.9. The van der Waals surface area contributed by atoms with E-state index >= 15 is 0 Å². The smallest absolute Gasteiger partial charge is 0.261 e. The predicted molar refractivity (Wildman–Crippen MR) is 373 cm³/mol. The van der Waals surface area contributed by atoms with Crippen molar-refractivity contribution in [2.24, 2.45) is 5.73 Å². The second-order valence-electron chi connectivity index (χ2n) is 24.1. The Morgan fingerprint density at radius 3 is 1.12 bits per heavy atom. The number of hydrogen-bond acceptors (Lipinski definition) is 22. The lowest BCUT2D eigenvalue weighted by molar-refractivity contribution is 0.227. The summed E-state index contributed by atoms with van der Waals surface area (Å²) in [6.07, 6.45) is 0. The quantitative estimate of drug-likeness (QED) is 0.0341. The van der Waals surface area contributed by atoms with Gasteiger partial charge < -0.3 is 47.5 Å². The molecule has 3 aromatic heterocycles. The molecular weight excluding hydrogens is 1420 g/mol. The van der Waals surface area contributed by atoms with Crippen molar-refractivity contribution >= 4 is 91.2 Å². The SMILES string of the molecule is COc1ccc(-c2noc([C@@H](N)CO[Si](C)(C)C(C)(C)C)n2)cc1.COc1ccc(-c2noc([C@H](CO)NS(=O)(=O)c3cccc(Cl)c3)n2)cc1.COc1ccc(-c2noc([C@H](CO[Si](C)(C)C(C)(C)C)NS(=O)(=O)c3cccc(Cl)c3)n2)cc1.O=S(=O)(Cl)c1cccc(Cl)c1. The minimum Gasteiger partial charge on any atom is -0.497 e. The number of ether oxygens (including phenoxy) is 3. The number of hydrogen-bond donors (Lipinski definition) is 4. The maximum absolute atomic E-state index is 13.1. The van der Waals surface area contributed by atoms with Crippen LogP contribution >= 0.6 is 45.5 Å². The third kappa shape index (κ3) is 22.4. The summed E-state index contributed by atoms with van der Waals surface area (Å²) in [5.74, 6) is 3.68. The lowest BCUT2D eigenvalue weighted by Gasteiger charge is -2.37. The molecule has 0 unspecified atom stereocenters. The molecule has 3 heterocycles. The number of nitrogens with two attached hydrogens (primary N) is 1. The number of aromatic nitrogens is 6. The number of aliphatic hydroxyl groups excluding tert-OH is 1. The first-order valence-corrected chi connectivity index (χ1v) is 41.5. The van der Waals surface area contributed by atoms with Gasteiger partial charge in [-0.25, -0.2) is 25.3 Å². The van der Waals surface area contributed by atoms with Crippen molar-refractivity contribution in [1.29, 1.82) is 0 Å². The van der Waals surface area contributed by atoms with Gasteiger partial charge in [-0.2, -0.15) is 24.4 Å². The van der Waals surface area contributed by atoms with Gasteiger partial charge in [0.15, 0.2) is 16.6 Å². The van der Waals surface area contributed by atoms with Crippen LogP contribution in [0.1, 0.15) is 77.3 Å². The summed E-state index contributed by atoms with van der Waals surface area (Å²) in [5.41, 5.74) is 8.37. The molecule has 6 aromatic carbocycles. The minimum atomic E-state index is -3.95. The summed E-state index contributed by atoms with van der Waals surface area (Å²) in [6.45, 7) is 21.3. The molecule has 0 aliphatic carbocycles. The molecule has 0 aliphatic heterocycles. The molecule has 0 amide bonds. The number of halogens is 4. The van der Waals surface area contributed by atoms with E-state index in [-0.39, 0.29) is 54.0 Å². The standard InChI is InChI=1S/C23H30ClN3O5SSi.C17H16ClN3O5S.C17H27N3O3Si.C6H4Cl2O2S/c1-23(2,3)34(5,6)31-15-20(27-33(28,29)19-9-7-8-17(24)14-19)22-25-21(26-32-22)16-10-12-18(30-4)13-11-16;1-25-13-7-5-11(6-8-13)16-19-17(26-20-16)15(10-22)21-27(23,24)14-4-2-3-12(18)9-14;1-17(2,3)24(5,6)22-11-14(18)16-19-15(20-23-16)12-7-9-13(21-4)10-8-12;7-5-2-1-3-6(4-5)11(8,9)10/h7-14,20,27H,15H2,1-6H3;2-9,15,21-22H,10H2,1H3;7-10,14H,11,18H2,1-6H3;1-4H/t20-;15-;14-;/m000./s1. The second-order valence-corrected chi connectivity index (χ2v) is 41.1. The van der Waals surface area contributed by atoms with E-state index in [2.05, 4.69) is 108 Å². The third-order valence-corrected chi connectivity index (χ3v) is 29.2. The first kappa shape index (κ1) is 78.3. The molecule has 0 fully saturated rings. The zero-order valence-corrected chi connectivity index (χ0v) is 62.3. The maximum atomic E-state index is 13.1. The van der Waals surface area contributed by atoms with Gasteiger partial charge in [0, 0.05) is 42.4 Å². The molecule has 0 radical (unpaired) electrons. The zero-order chi connectivity index (χ0) is 71.0. The predicted octanol–water partition coefficient (Wildman–Crippen LogP) is 13.9. The van der Waals surface area contributed by atoms with E-state index in [4.69, 9.17) is 87.9 Å². The van der Waals surface area contributed by atoms with Crippen molar-refractivity contribution in [2.45, 2.75) is 111 Å². The second kappa shape index (κ2) is 33.7. The van der Waals surface area contributed by atoms with Gasteiger partial charge in [-0.3, -0.25) is 0 Å². The number of aliphatic hydroxyl groups is 1. The van der Waals surface area contributed by atoms with Crippen LogP contribution < -0.4 is 29.4 Å².